The fourth-order valence-electron chi connectivity index (χ4n) is 2.67. The van der Waals surface area contributed by atoms with E-state index in [1.165, 1.54) is 29.7 Å². The first-order valence-electron chi connectivity index (χ1n) is 6.25. The van der Waals surface area contributed by atoms with Crippen LogP contribution in [-0.4, -0.2) is 28.3 Å². The molecular weight excluding hydrogens is 212 g/mol. The number of hydrogen-bond acceptors (Lipinski definition) is 2. The highest BCUT2D eigenvalue weighted by atomic mass is 15.1. The summed E-state index contributed by atoms with van der Waals surface area (Å²) in [5.74, 6) is 0.540. The molecule has 1 aliphatic rings. The molecule has 3 rings (SSSR count). The monoisotopic (exact) mass is 230 g/mol. The molecule has 4 nitrogen and oxygen atoms in total. The predicted octanol–water partition coefficient (Wildman–Crippen LogP) is 2.18. The molecule has 1 unspecified atom stereocenters. The Labute approximate surface area is 101 Å². The minimum absolute atomic E-state index is 0.540. The third-order valence-corrected chi connectivity index (χ3v) is 3.55. The zero-order chi connectivity index (χ0) is 11.7. The van der Waals surface area contributed by atoms with E-state index < -0.39 is 0 Å². The minimum Gasteiger partial charge on any atom is -0.367 e. The molecule has 0 saturated carbocycles. The molecular formula is C13H18N4. The molecule has 0 aromatic carbocycles. The van der Waals surface area contributed by atoms with Crippen molar-refractivity contribution in [2.24, 2.45) is 0 Å². The fourth-order valence-corrected chi connectivity index (χ4v) is 2.67. The Kier molecular flexibility index (Phi) is 2.73. The van der Waals surface area contributed by atoms with Gasteiger partial charge >= 0.3 is 0 Å². The van der Waals surface area contributed by atoms with Crippen LogP contribution >= 0.6 is 0 Å². The van der Waals surface area contributed by atoms with Gasteiger partial charge in [-0.1, -0.05) is 0 Å². The van der Waals surface area contributed by atoms with E-state index in [-0.39, 0.29) is 0 Å². The van der Waals surface area contributed by atoms with Gasteiger partial charge in [0.1, 0.15) is 0 Å². The third kappa shape index (κ3) is 1.89. The van der Waals surface area contributed by atoms with Crippen molar-refractivity contribution in [3.8, 4) is 11.1 Å². The number of piperidine rings is 1. The van der Waals surface area contributed by atoms with Gasteiger partial charge in [-0.25, -0.2) is 0 Å². The highest BCUT2D eigenvalue weighted by Gasteiger charge is 2.23. The molecule has 0 spiro atoms. The Balaban J connectivity index is 1.99. The summed E-state index contributed by atoms with van der Waals surface area (Å²) < 4.78 is 0. The summed E-state index contributed by atoms with van der Waals surface area (Å²) >= 11 is 0. The molecule has 1 saturated heterocycles. The zero-order valence-corrected chi connectivity index (χ0v) is 10.1. The first kappa shape index (κ1) is 10.6. The van der Waals surface area contributed by atoms with E-state index in [1.807, 2.05) is 12.4 Å². The summed E-state index contributed by atoms with van der Waals surface area (Å²) in [6, 6.07) is 2.11. The summed E-state index contributed by atoms with van der Waals surface area (Å²) in [6.45, 7) is 4.27. The number of hydrogen-bond donors (Lipinski definition) is 3. The highest BCUT2D eigenvalue weighted by molar-refractivity contribution is 5.68. The number of aryl methyl sites for hydroxylation is 1. The van der Waals surface area contributed by atoms with E-state index in [0.717, 1.165) is 18.8 Å². The molecule has 3 heterocycles. The van der Waals surface area contributed by atoms with Gasteiger partial charge in [-0.15, -0.1) is 0 Å². The number of nitrogens with one attached hydrogen (secondary N) is 3. The maximum Gasteiger partial charge on any atom is 0.0747 e. The molecule has 1 fully saturated rings. The van der Waals surface area contributed by atoms with Crippen LogP contribution < -0.4 is 5.32 Å². The fraction of sp³-hybridized carbons (Fsp3) is 0.462. The standard InChI is InChI=1S/C13H18N4/c1-9-12(10-4-6-15-7-10)13(17-16-9)11-3-2-5-14-8-11/h4,6-7,11,14-15H,2-3,5,8H2,1H3,(H,16,17). The second-order valence-electron chi connectivity index (χ2n) is 4.75. The Hall–Kier alpha value is -1.55. The van der Waals surface area contributed by atoms with Crippen LogP contribution in [0.2, 0.25) is 0 Å². The van der Waals surface area contributed by atoms with Gasteiger partial charge in [0.15, 0.2) is 0 Å². The molecule has 90 valence electrons. The first-order chi connectivity index (χ1) is 8.36. The molecule has 3 N–H and O–H groups in total. The highest BCUT2D eigenvalue weighted by Crippen LogP contribution is 2.33. The Morgan fingerprint density at radius 3 is 3.06 bits per heavy atom. The molecule has 4 heteroatoms. The van der Waals surface area contributed by atoms with Crippen molar-refractivity contribution >= 4 is 0 Å². The van der Waals surface area contributed by atoms with Crippen molar-refractivity contribution < 1.29 is 0 Å². The van der Waals surface area contributed by atoms with Crippen LogP contribution in [0, 0.1) is 6.92 Å². The Morgan fingerprint density at radius 2 is 2.35 bits per heavy atom. The smallest absolute Gasteiger partial charge is 0.0747 e. The van der Waals surface area contributed by atoms with E-state index in [9.17, 15) is 0 Å². The van der Waals surface area contributed by atoms with Gasteiger partial charge in [0, 0.05) is 41.7 Å². The van der Waals surface area contributed by atoms with E-state index in [2.05, 4.69) is 33.5 Å². The maximum absolute atomic E-state index is 4.52. The number of aromatic amines is 2. The largest absolute Gasteiger partial charge is 0.367 e. The van der Waals surface area contributed by atoms with E-state index in [4.69, 9.17) is 0 Å². The van der Waals surface area contributed by atoms with Crippen LogP contribution in [0.3, 0.4) is 0 Å². The summed E-state index contributed by atoms with van der Waals surface area (Å²) in [4.78, 5) is 3.12. The van der Waals surface area contributed by atoms with Crippen LogP contribution in [0.15, 0.2) is 18.5 Å². The van der Waals surface area contributed by atoms with Crippen LogP contribution in [0.25, 0.3) is 11.1 Å². The third-order valence-electron chi connectivity index (χ3n) is 3.55. The first-order valence-corrected chi connectivity index (χ1v) is 6.25. The van der Waals surface area contributed by atoms with E-state index >= 15 is 0 Å². The lowest BCUT2D eigenvalue weighted by molar-refractivity contribution is 0.455. The second-order valence-corrected chi connectivity index (χ2v) is 4.75. The van der Waals surface area contributed by atoms with Gasteiger partial charge in [-0.3, -0.25) is 5.10 Å². The summed E-state index contributed by atoms with van der Waals surface area (Å²) in [7, 11) is 0. The quantitative estimate of drug-likeness (QED) is 0.740. The minimum atomic E-state index is 0.540. The summed E-state index contributed by atoms with van der Waals surface area (Å²) in [6.07, 6.45) is 6.47. The van der Waals surface area contributed by atoms with E-state index in [1.54, 1.807) is 0 Å². The topological polar surface area (TPSA) is 56.5 Å². The lowest BCUT2D eigenvalue weighted by Crippen LogP contribution is -2.28. The lowest BCUT2D eigenvalue weighted by Gasteiger charge is -2.22. The molecule has 0 radical (unpaired) electrons. The van der Waals surface area contributed by atoms with Gasteiger partial charge in [-0.2, -0.15) is 5.10 Å². The van der Waals surface area contributed by atoms with Crippen molar-refractivity contribution in [3.05, 3.63) is 29.8 Å². The Bertz CT molecular complexity index is 477. The average Bonchev–Trinajstić information content (AvgIpc) is 2.99. The SMILES string of the molecule is Cc1[nH]nc(C2CCCNC2)c1-c1cc[nH]c1. The summed E-state index contributed by atoms with van der Waals surface area (Å²) in [5, 5.41) is 11.1. The number of aromatic nitrogens is 3. The number of H-pyrrole nitrogens is 2. The van der Waals surface area contributed by atoms with E-state index in [0.29, 0.717) is 5.92 Å². The van der Waals surface area contributed by atoms with Crippen molar-refractivity contribution in [2.45, 2.75) is 25.7 Å². The van der Waals surface area contributed by atoms with Crippen LogP contribution in [-0.2, 0) is 0 Å². The van der Waals surface area contributed by atoms with Crippen molar-refractivity contribution in [3.63, 3.8) is 0 Å². The molecule has 0 aliphatic carbocycles. The average molecular weight is 230 g/mol. The molecule has 0 bridgehead atoms. The lowest BCUT2D eigenvalue weighted by atomic mass is 9.91. The van der Waals surface area contributed by atoms with Crippen LogP contribution in [0.5, 0.6) is 0 Å². The zero-order valence-electron chi connectivity index (χ0n) is 10.1. The predicted molar refractivity (Wildman–Crippen MR) is 68.0 cm³/mol. The number of rotatable bonds is 2. The maximum atomic E-state index is 4.52. The van der Waals surface area contributed by atoms with Crippen LogP contribution in [0.4, 0.5) is 0 Å². The van der Waals surface area contributed by atoms with Crippen molar-refractivity contribution in [2.75, 3.05) is 13.1 Å². The molecule has 1 atom stereocenters. The van der Waals surface area contributed by atoms with Gasteiger partial charge in [0.25, 0.3) is 0 Å². The molecule has 0 amide bonds. The van der Waals surface area contributed by atoms with Gasteiger partial charge in [-0.05, 0) is 32.4 Å². The van der Waals surface area contributed by atoms with Crippen molar-refractivity contribution in [1.29, 1.82) is 0 Å². The van der Waals surface area contributed by atoms with Gasteiger partial charge in [0.05, 0.1) is 5.69 Å². The normalized spacial score (nSPS) is 20.6. The molecule has 2 aromatic heterocycles. The van der Waals surface area contributed by atoms with Gasteiger partial charge < -0.3 is 10.3 Å². The summed E-state index contributed by atoms with van der Waals surface area (Å²) in [5.41, 5.74) is 4.89. The van der Waals surface area contributed by atoms with Gasteiger partial charge in [0.2, 0.25) is 0 Å². The van der Waals surface area contributed by atoms with Crippen LogP contribution in [0.1, 0.15) is 30.1 Å². The second kappa shape index (κ2) is 4.37. The van der Waals surface area contributed by atoms with Crippen molar-refractivity contribution in [1.82, 2.24) is 20.5 Å². The number of nitrogens with zero attached hydrogens (tertiary/aromatic N) is 1. The molecule has 17 heavy (non-hydrogen) atoms. The molecule has 1 aliphatic heterocycles. The molecule has 2 aromatic rings. The Morgan fingerprint density at radius 1 is 1.41 bits per heavy atom.